The fraction of sp³-hybridized carbons (Fsp3) is 0.143. The van der Waals surface area contributed by atoms with Crippen molar-refractivity contribution < 1.29 is 13.2 Å². The van der Waals surface area contributed by atoms with Crippen LogP contribution in [0.1, 0.15) is 0 Å². The van der Waals surface area contributed by atoms with E-state index in [0.717, 1.165) is 0 Å². The number of hydrogen-bond donors (Lipinski definition) is 1. The first-order valence-corrected chi connectivity index (χ1v) is 6.72. The number of fused-ring (bicyclic) bond motifs is 1. The molecule has 0 aliphatic carbocycles. The van der Waals surface area contributed by atoms with E-state index in [1.807, 2.05) is 0 Å². The normalized spacial score (nSPS) is 12.8. The Morgan fingerprint density at radius 2 is 1.64 bits per heavy atom. The lowest BCUT2D eigenvalue weighted by Crippen LogP contribution is -2.22. The third-order valence-corrected chi connectivity index (χ3v) is 3.22. The first-order valence-electron chi connectivity index (χ1n) is 6.35. The molecule has 1 N–H and O–H groups in total. The van der Waals surface area contributed by atoms with E-state index in [1.165, 1.54) is 16.9 Å². The van der Waals surface area contributed by atoms with Gasteiger partial charge in [0.2, 0.25) is 6.30 Å². The molecule has 3 aromatic rings. The smallest absolute Gasteiger partial charge is 0.287 e. The maximum Gasteiger partial charge on any atom is 0.287 e. The van der Waals surface area contributed by atoms with E-state index < -0.39 is 12.7 Å². The molecule has 0 aliphatic rings. The molecule has 0 fully saturated rings. The van der Waals surface area contributed by atoms with Crippen molar-refractivity contribution in [3.8, 4) is 5.69 Å². The van der Waals surface area contributed by atoms with Crippen molar-refractivity contribution in [2.24, 2.45) is 0 Å². The van der Waals surface area contributed by atoms with Crippen LogP contribution in [0.15, 0.2) is 42.5 Å². The van der Waals surface area contributed by atoms with Gasteiger partial charge in [0.1, 0.15) is 11.0 Å². The average Bonchev–Trinajstić information content (AvgIpc) is 2.91. The summed E-state index contributed by atoms with van der Waals surface area (Å²) in [7, 11) is 0. The van der Waals surface area contributed by atoms with Gasteiger partial charge in [-0.05, 0) is 42.5 Å². The van der Waals surface area contributed by atoms with Crippen LogP contribution in [0.5, 0.6) is 0 Å². The number of nitrogens with one attached hydrogen (secondary N) is 1. The summed E-state index contributed by atoms with van der Waals surface area (Å²) in [5.41, 5.74) is 1.93. The number of aromatic nitrogens is 3. The summed E-state index contributed by atoms with van der Waals surface area (Å²) in [6.07, 6.45) is -5.52. The highest BCUT2D eigenvalue weighted by Crippen LogP contribution is 2.20. The number of nitrogens with zero attached hydrogens (tertiary/aromatic N) is 3. The average molecular weight is 327 g/mol. The van der Waals surface area contributed by atoms with Crippen LogP contribution in [-0.4, -0.2) is 27.7 Å². The van der Waals surface area contributed by atoms with E-state index >= 15 is 0 Å². The number of benzene rings is 2. The van der Waals surface area contributed by atoms with Gasteiger partial charge in [0.15, 0.2) is 0 Å². The lowest BCUT2D eigenvalue weighted by molar-refractivity contribution is 0.0651. The third kappa shape index (κ3) is 2.99. The van der Waals surface area contributed by atoms with Crippen molar-refractivity contribution in [2.75, 3.05) is 5.32 Å². The summed E-state index contributed by atoms with van der Waals surface area (Å²) in [6.45, 7) is 0. The maximum absolute atomic E-state index is 13.0. The summed E-state index contributed by atoms with van der Waals surface area (Å²) in [4.78, 5) is 1.39. The van der Waals surface area contributed by atoms with Crippen LogP contribution in [0.25, 0.3) is 16.7 Å². The van der Waals surface area contributed by atoms with E-state index in [0.29, 0.717) is 21.7 Å². The standard InChI is InChI=1S/C14H10ClF3N4/c15-8-1-4-10(5-2-8)22-20-11-6-3-9(7-12(11)21-22)19-14(18)13(16)17/h1-7,13-14,19H. The molecule has 1 atom stereocenters. The molecule has 0 saturated carbocycles. The van der Waals surface area contributed by atoms with E-state index in [1.54, 1.807) is 30.3 Å². The quantitative estimate of drug-likeness (QED) is 0.736. The third-order valence-electron chi connectivity index (χ3n) is 2.96. The zero-order valence-electron chi connectivity index (χ0n) is 11.0. The van der Waals surface area contributed by atoms with Crippen LogP contribution in [-0.2, 0) is 0 Å². The molecule has 4 nitrogen and oxygen atoms in total. The van der Waals surface area contributed by atoms with Crippen LogP contribution < -0.4 is 5.32 Å². The fourth-order valence-corrected chi connectivity index (χ4v) is 2.04. The minimum Gasteiger partial charge on any atom is -0.351 e. The Labute approximate surface area is 128 Å². The van der Waals surface area contributed by atoms with Crippen molar-refractivity contribution in [3.63, 3.8) is 0 Å². The van der Waals surface area contributed by atoms with Crippen molar-refractivity contribution in [1.29, 1.82) is 0 Å². The summed E-state index contributed by atoms with van der Waals surface area (Å²) in [5.74, 6) is 0. The summed E-state index contributed by atoms with van der Waals surface area (Å²) in [5, 5.41) is 11.2. The second-order valence-corrected chi connectivity index (χ2v) is 4.99. The number of rotatable bonds is 4. The van der Waals surface area contributed by atoms with Gasteiger partial charge in [-0.2, -0.15) is 4.80 Å². The number of alkyl halides is 3. The molecule has 3 rings (SSSR count). The number of anilines is 1. The molecular formula is C14H10ClF3N4. The molecule has 0 spiro atoms. The Hall–Kier alpha value is -2.28. The molecule has 0 saturated heterocycles. The van der Waals surface area contributed by atoms with Crippen molar-refractivity contribution >= 4 is 28.3 Å². The Kier molecular flexibility index (Phi) is 3.89. The monoisotopic (exact) mass is 326 g/mol. The largest absolute Gasteiger partial charge is 0.351 e. The van der Waals surface area contributed by atoms with Crippen LogP contribution >= 0.6 is 11.6 Å². The van der Waals surface area contributed by atoms with Gasteiger partial charge in [-0.15, -0.1) is 10.2 Å². The summed E-state index contributed by atoms with van der Waals surface area (Å²) in [6, 6.07) is 11.4. The molecule has 1 heterocycles. The minimum atomic E-state index is -3.10. The van der Waals surface area contributed by atoms with Gasteiger partial charge in [-0.25, -0.2) is 13.2 Å². The van der Waals surface area contributed by atoms with E-state index in [-0.39, 0.29) is 5.69 Å². The van der Waals surface area contributed by atoms with Gasteiger partial charge < -0.3 is 5.32 Å². The molecule has 2 aromatic carbocycles. The van der Waals surface area contributed by atoms with Crippen molar-refractivity contribution in [1.82, 2.24) is 15.0 Å². The molecule has 0 amide bonds. The second kappa shape index (κ2) is 5.84. The number of hydrogen-bond acceptors (Lipinski definition) is 3. The molecule has 22 heavy (non-hydrogen) atoms. The van der Waals surface area contributed by atoms with Gasteiger partial charge >= 0.3 is 0 Å². The van der Waals surface area contributed by atoms with Gasteiger partial charge in [-0.3, -0.25) is 0 Å². The highest BCUT2D eigenvalue weighted by molar-refractivity contribution is 6.30. The van der Waals surface area contributed by atoms with Crippen LogP contribution in [0, 0.1) is 0 Å². The highest BCUT2D eigenvalue weighted by Gasteiger charge is 2.18. The lowest BCUT2D eigenvalue weighted by Gasteiger charge is -2.10. The molecule has 1 aromatic heterocycles. The molecular weight excluding hydrogens is 317 g/mol. The van der Waals surface area contributed by atoms with Gasteiger partial charge in [0.25, 0.3) is 6.43 Å². The zero-order valence-corrected chi connectivity index (χ0v) is 11.8. The summed E-state index contributed by atoms with van der Waals surface area (Å²) < 4.78 is 37.4. The fourth-order valence-electron chi connectivity index (χ4n) is 1.92. The van der Waals surface area contributed by atoms with Crippen molar-refractivity contribution in [2.45, 2.75) is 12.7 Å². The Balaban J connectivity index is 1.91. The predicted octanol–water partition coefficient (Wildman–Crippen LogP) is 4.05. The molecule has 114 valence electrons. The lowest BCUT2D eigenvalue weighted by atomic mass is 10.3. The van der Waals surface area contributed by atoms with E-state index in [4.69, 9.17) is 11.6 Å². The maximum atomic E-state index is 13.0. The molecule has 0 bridgehead atoms. The van der Waals surface area contributed by atoms with Gasteiger partial charge in [0, 0.05) is 10.7 Å². The minimum absolute atomic E-state index is 0.212. The Bertz CT molecular complexity index is 788. The SMILES string of the molecule is FC(F)C(F)Nc1ccc2nn(-c3ccc(Cl)cc3)nc2c1. The number of halogens is 4. The van der Waals surface area contributed by atoms with Crippen LogP contribution in [0.2, 0.25) is 5.02 Å². The summed E-state index contributed by atoms with van der Waals surface area (Å²) >= 11 is 5.82. The van der Waals surface area contributed by atoms with Crippen molar-refractivity contribution in [3.05, 3.63) is 47.5 Å². The van der Waals surface area contributed by atoms with E-state index in [2.05, 4.69) is 15.5 Å². The Morgan fingerprint density at radius 1 is 0.955 bits per heavy atom. The molecule has 8 heteroatoms. The first kappa shape index (κ1) is 14.6. The Morgan fingerprint density at radius 3 is 2.32 bits per heavy atom. The predicted molar refractivity (Wildman–Crippen MR) is 78.4 cm³/mol. The van der Waals surface area contributed by atoms with Crippen LogP contribution in [0.3, 0.4) is 0 Å². The second-order valence-electron chi connectivity index (χ2n) is 4.55. The molecule has 1 unspecified atom stereocenters. The molecule has 0 aliphatic heterocycles. The molecule has 0 radical (unpaired) electrons. The van der Waals surface area contributed by atoms with Crippen LogP contribution in [0.4, 0.5) is 18.9 Å². The highest BCUT2D eigenvalue weighted by atomic mass is 35.5. The van der Waals surface area contributed by atoms with Gasteiger partial charge in [-0.1, -0.05) is 11.6 Å². The first-order chi connectivity index (χ1) is 10.5. The van der Waals surface area contributed by atoms with Gasteiger partial charge in [0.05, 0.1) is 5.69 Å². The topological polar surface area (TPSA) is 42.7 Å². The zero-order chi connectivity index (χ0) is 15.7. The van der Waals surface area contributed by atoms with E-state index in [9.17, 15) is 13.2 Å².